The van der Waals surface area contributed by atoms with Crippen molar-refractivity contribution >= 4 is 11.8 Å². The van der Waals surface area contributed by atoms with Crippen LogP contribution in [0.15, 0.2) is 24.3 Å². The van der Waals surface area contributed by atoms with Gasteiger partial charge in [-0.3, -0.25) is 20.4 Å². The Bertz CT molecular complexity index is 387. The first-order chi connectivity index (χ1) is 8.08. The highest BCUT2D eigenvalue weighted by molar-refractivity contribution is 5.80. The smallest absolute Gasteiger partial charge is 0.241 e. The Hall–Kier alpha value is -2.04. The first-order valence-electron chi connectivity index (χ1n) is 5.33. The van der Waals surface area contributed by atoms with Gasteiger partial charge in [0.25, 0.3) is 0 Å². The van der Waals surface area contributed by atoms with E-state index in [1.54, 1.807) is 0 Å². The minimum Gasteiger partial charge on any atom is -0.493 e. The fraction of sp³-hybridized carbons (Fsp3) is 0.333. The summed E-state index contributed by atoms with van der Waals surface area (Å²) < 4.78 is 5.36. The molecule has 0 saturated heterocycles. The van der Waals surface area contributed by atoms with Crippen LogP contribution < -0.4 is 15.6 Å². The van der Waals surface area contributed by atoms with E-state index in [9.17, 15) is 9.59 Å². The Labute approximate surface area is 100 Å². The summed E-state index contributed by atoms with van der Waals surface area (Å²) in [7, 11) is 0. The van der Waals surface area contributed by atoms with Crippen LogP contribution in [0.3, 0.4) is 0 Å². The number of benzene rings is 1. The van der Waals surface area contributed by atoms with Crippen molar-refractivity contribution < 1.29 is 14.3 Å². The summed E-state index contributed by atoms with van der Waals surface area (Å²) in [6.45, 7) is 3.59. The van der Waals surface area contributed by atoms with E-state index in [4.69, 9.17) is 4.74 Å². The summed E-state index contributed by atoms with van der Waals surface area (Å²) >= 11 is 0. The summed E-state index contributed by atoms with van der Waals surface area (Å²) in [5.41, 5.74) is 5.62. The molecule has 2 N–H and O–H groups in total. The van der Waals surface area contributed by atoms with E-state index in [-0.39, 0.29) is 24.8 Å². The molecule has 1 rings (SSSR count). The Kier molecular flexibility index (Phi) is 5.00. The first-order valence-corrected chi connectivity index (χ1v) is 5.33. The summed E-state index contributed by atoms with van der Waals surface area (Å²) in [6.07, 6.45) is 0.189. The predicted molar refractivity (Wildman–Crippen MR) is 63.3 cm³/mol. The molecular weight excluding hydrogens is 220 g/mol. The molecule has 0 saturated carbocycles. The Morgan fingerprint density at radius 2 is 1.82 bits per heavy atom. The number of rotatable bonds is 4. The average Bonchev–Trinajstić information content (AvgIpc) is 2.29. The van der Waals surface area contributed by atoms with Gasteiger partial charge >= 0.3 is 0 Å². The second-order valence-electron chi connectivity index (χ2n) is 3.64. The Morgan fingerprint density at radius 1 is 1.18 bits per heavy atom. The third kappa shape index (κ3) is 5.55. The molecule has 0 fully saturated rings. The van der Waals surface area contributed by atoms with Gasteiger partial charge in [0.15, 0.2) is 0 Å². The van der Waals surface area contributed by atoms with E-state index in [0.29, 0.717) is 0 Å². The molecule has 1 aromatic rings. The SMILES string of the molecule is CC(=O)NNC(=O)CCOc1ccc(C)cc1. The molecule has 0 radical (unpaired) electrons. The molecule has 0 aromatic heterocycles. The summed E-state index contributed by atoms with van der Waals surface area (Å²) in [6, 6.07) is 7.57. The third-order valence-electron chi connectivity index (χ3n) is 2.00. The van der Waals surface area contributed by atoms with Gasteiger partial charge in [-0.25, -0.2) is 0 Å². The van der Waals surface area contributed by atoms with Gasteiger partial charge in [-0.15, -0.1) is 0 Å². The number of hydrogen-bond acceptors (Lipinski definition) is 3. The van der Waals surface area contributed by atoms with Crippen molar-refractivity contribution in [1.29, 1.82) is 0 Å². The van der Waals surface area contributed by atoms with Gasteiger partial charge in [0, 0.05) is 6.92 Å². The molecule has 1 aromatic carbocycles. The fourth-order valence-electron chi connectivity index (χ4n) is 1.12. The van der Waals surface area contributed by atoms with Gasteiger partial charge in [-0.05, 0) is 19.1 Å². The van der Waals surface area contributed by atoms with E-state index in [2.05, 4.69) is 10.9 Å². The number of aryl methyl sites for hydroxylation is 1. The number of ether oxygens (including phenoxy) is 1. The maximum Gasteiger partial charge on any atom is 0.241 e. The summed E-state index contributed by atoms with van der Waals surface area (Å²) in [5.74, 6) is 0.132. The molecule has 0 heterocycles. The third-order valence-corrected chi connectivity index (χ3v) is 2.00. The number of hydrazine groups is 1. The molecule has 0 spiro atoms. The van der Waals surface area contributed by atoms with Crippen LogP contribution in [0, 0.1) is 6.92 Å². The van der Waals surface area contributed by atoms with E-state index in [1.807, 2.05) is 31.2 Å². The normalized spacial score (nSPS) is 9.53. The zero-order chi connectivity index (χ0) is 12.7. The first kappa shape index (κ1) is 13.0. The van der Waals surface area contributed by atoms with E-state index >= 15 is 0 Å². The van der Waals surface area contributed by atoms with Crippen molar-refractivity contribution in [3.8, 4) is 5.75 Å². The monoisotopic (exact) mass is 236 g/mol. The Balaban J connectivity index is 2.21. The highest BCUT2D eigenvalue weighted by atomic mass is 16.5. The minimum atomic E-state index is -0.308. The lowest BCUT2D eigenvalue weighted by molar-refractivity contribution is -0.128. The van der Waals surface area contributed by atoms with Crippen molar-refractivity contribution in [1.82, 2.24) is 10.9 Å². The van der Waals surface area contributed by atoms with Crippen LogP contribution in [0.25, 0.3) is 0 Å². The van der Waals surface area contributed by atoms with Crippen molar-refractivity contribution in [3.05, 3.63) is 29.8 Å². The maximum absolute atomic E-state index is 11.2. The van der Waals surface area contributed by atoms with Crippen molar-refractivity contribution in [2.75, 3.05) is 6.61 Å². The van der Waals surface area contributed by atoms with Crippen molar-refractivity contribution in [2.24, 2.45) is 0 Å². The number of carbonyl (C=O) groups is 2. The standard InChI is InChI=1S/C12H16N2O3/c1-9-3-5-11(6-4-9)17-8-7-12(16)14-13-10(2)15/h3-6H,7-8H2,1-2H3,(H,13,15)(H,14,16). The van der Waals surface area contributed by atoms with Crippen LogP contribution in [-0.2, 0) is 9.59 Å². The predicted octanol–water partition coefficient (Wildman–Crippen LogP) is 0.931. The van der Waals surface area contributed by atoms with Crippen molar-refractivity contribution in [2.45, 2.75) is 20.3 Å². The van der Waals surface area contributed by atoms with Crippen LogP contribution in [0.4, 0.5) is 0 Å². The maximum atomic E-state index is 11.2. The van der Waals surface area contributed by atoms with Crippen LogP contribution in [0.5, 0.6) is 5.75 Å². The molecule has 0 bridgehead atoms. The van der Waals surface area contributed by atoms with Gasteiger partial charge in [0.2, 0.25) is 11.8 Å². The highest BCUT2D eigenvalue weighted by Crippen LogP contribution is 2.11. The second-order valence-corrected chi connectivity index (χ2v) is 3.64. The van der Waals surface area contributed by atoms with E-state index in [0.717, 1.165) is 11.3 Å². The van der Waals surface area contributed by atoms with Crippen LogP contribution >= 0.6 is 0 Å². The second kappa shape index (κ2) is 6.52. The van der Waals surface area contributed by atoms with Gasteiger partial charge in [-0.1, -0.05) is 17.7 Å². The number of carbonyl (C=O) groups excluding carboxylic acids is 2. The molecule has 17 heavy (non-hydrogen) atoms. The van der Waals surface area contributed by atoms with Crippen LogP contribution in [0.2, 0.25) is 0 Å². The molecule has 0 unspecified atom stereocenters. The van der Waals surface area contributed by atoms with Crippen LogP contribution in [-0.4, -0.2) is 18.4 Å². The number of nitrogens with one attached hydrogen (secondary N) is 2. The zero-order valence-corrected chi connectivity index (χ0v) is 9.95. The zero-order valence-electron chi connectivity index (χ0n) is 9.95. The molecule has 5 nitrogen and oxygen atoms in total. The Morgan fingerprint density at radius 3 is 2.41 bits per heavy atom. The molecule has 0 aliphatic heterocycles. The van der Waals surface area contributed by atoms with Gasteiger partial charge in [-0.2, -0.15) is 0 Å². The lowest BCUT2D eigenvalue weighted by atomic mass is 10.2. The highest BCUT2D eigenvalue weighted by Gasteiger charge is 2.01. The number of hydrogen-bond donors (Lipinski definition) is 2. The summed E-state index contributed by atoms with van der Waals surface area (Å²) in [4.78, 5) is 21.7. The topological polar surface area (TPSA) is 67.4 Å². The summed E-state index contributed by atoms with van der Waals surface area (Å²) in [5, 5.41) is 0. The molecule has 5 heteroatoms. The molecule has 2 amide bonds. The average molecular weight is 236 g/mol. The van der Waals surface area contributed by atoms with Crippen molar-refractivity contribution in [3.63, 3.8) is 0 Å². The molecule has 0 atom stereocenters. The fourth-order valence-corrected chi connectivity index (χ4v) is 1.12. The molecule has 92 valence electrons. The van der Waals surface area contributed by atoms with Gasteiger partial charge in [0.1, 0.15) is 5.75 Å². The quantitative estimate of drug-likeness (QED) is 0.764. The van der Waals surface area contributed by atoms with E-state index < -0.39 is 0 Å². The molecule has 0 aliphatic rings. The minimum absolute atomic E-state index is 0.189. The molecular formula is C12H16N2O3. The van der Waals surface area contributed by atoms with Gasteiger partial charge < -0.3 is 4.74 Å². The lowest BCUT2D eigenvalue weighted by Gasteiger charge is -2.07. The van der Waals surface area contributed by atoms with Crippen LogP contribution in [0.1, 0.15) is 18.9 Å². The molecule has 0 aliphatic carbocycles. The number of amides is 2. The lowest BCUT2D eigenvalue weighted by Crippen LogP contribution is -2.40. The largest absolute Gasteiger partial charge is 0.493 e. The van der Waals surface area contributed by atoms with E-state index in [1.165, 1.54) is 6.92 Å². The van der Waals surface area contributed by atoms with Gasteiger partial charge in [0.05, 0.1) is 13.0 Å².